The molecule has 7 heteroatoms. The summed E-state index contributed by atoms with van der Waals surface area (Å²) in [4.78, 5) is 10.4. The van der Waals surface area contributed by atoms with Crippen LogP contribution < -0.4 is 16.1 Å². The van der Waals surface area contributed by atoms with Crippen molar-refractivity contribution in [2.24, 2.45) is 11.0 Å². The van der Waals surface area contributed by atoms with Crippen LogP contribution >= 0.6 is 30.2 Å². The zero-order chi connectivity index (χ0) is 7.49. The van der Waals surface area contributed by atoms with E-state index in [1.54, 1.807) is 0 Å². The van der Waals surface area contributed by atoms with Gasteiger partial charge in [0.2, 0.25) is 5.91 Å². The molecule has 0 saturated carbocycles. The third kappa shape index (κ3) is 6.23. The van der Waals surface area contributed by atoms with E-state index in [1.807, 2.05) is 27.7 Å². The quantitative estimate of drug-likeness (QED) is 0.357. The van der Waals surface area contributed by atoms with Crippen molar-refractivity contribution in [3.05, 3.63) is 0 Å². The normalized spacial score (nSPS) is 11.0. The van der Waals surface area contributed by atoms with Crippen LogP contribution in [0.4, 0.5) is 0 Å². The average molecular weight is 263 g/mol. The lowest BCUT2D eigenvalue weighted by Crippen LogP contribution is -2.28. The molecule has 0 fully saturated rings. The predicted molar refractivity (Wildman–Crippen MR) is 43.0 cm³/mol. The monoisotopic (exact) mass is 263 g/mol. The number of amides is 1. The third-order valence-electron chi connectivity index (χ3n) is 0.421. The van der Waals surface area contributed by atoms with Crippen LogP contribution in [0, 0.1) is 0 Å². The van der Waals surface area contributed by atoms with Crippen LogP contribution in [0.1, 0.15) is 0 Å². The number of nitrogens with two attached hydrogens (primary N) is 2. The highest BCUT2D eigenvalue weighted by Gasteiger charge is 2.10. The van der Waals surface area contributed by atoms with Gasteiger partial charge in [0.05, 0.1) is 4.43 Å². The minimum absolute atomic E-state index is 0.205. The molecule has 9 heavy (non-hydrogen) atoms. The number of hydrogen-bond acceptors (Lipinski definition) is 2. The van der Waals surface area contributed by atoms with Gasteiger partial charge in [-0.25, -0.2) is 0 Å². The Kier molecular flexibility index (Phi) is 3.64. The SMILES string of the molecule is NP(N)(=O)NC(=O)CI. The van der Waals surface area contributed by atoms with Gasteiger partial charge < -0.3 is 0 Å². The molecule has 0 saturated heterocycles. The van der Waals surface area contributed by atoms with Crippen molar-refractivity contribution in [1.82, 2.24) is 5.09 Å². The Morgan fingerprint density at radius 1 is 1.67 bits per heavy atom. The highest BCUT2D eigenvalue weighted by molar-refractivity contribution is 14.1. The van der Waals surface area contributed by atoms with Gasteiger partial charge in [-0.05, 0) is 0 Å². The maximum Gasteiger partial charge on any atom is 0.300 e. The van der Waals surface area contributed by atoms with Gasteiger partial charge in [0.1, 0.15) is 0 Å². The number of rotatable bonds is 2. The second-order valence-electron chi connectivity index (χ2n) is 1.38. The Labute approximate surface area is 66.2 Å². The Morgan fingerprint density at radius 2 is 2.11 bits per heavy atom. The number of hydrogen-bond donors (Lipinski definition) is 3. The van der Waals surface area contributed by atoms with Crippen molar-refractivity contribution in [3.63, 3.8) is 0 Å². The van der Waals surface area contributed by atoms with E-state index in [4.69, 9.17) is 11.0 Å². The second kappa shape index (κ2) is 3.50. The number of nitrogens with one attached hydrogen (secondary N) is 1. The molecule has 54 valence electrons. The van der Waals surface area contributed by atoms with Crippen LogP contribution in [0.3, 0.4) is 0 Å². The van der Waals surface area contributed by atoms with Gasteiger partial charge in [-0.2, -0.15) is 0 Å². The molecule has 0 aromatic rings. The summed E-state index contributed by atoms with van der Waals surface area (Å²) in [7, 11) is -3.34. The van der Waals surface area contributed by atoms with E-state index >= 15 is 0 Å². The van der Waals surface area contributed by atoms with E-state index in [9.17, 15) is 9.36 Å². The summed E-state index contributed by atoms with van der Waals surface area (Å²) in [5.74, 6) is -0.413. The van der Waals surface area contributed by atoms with Crippen LogP contribution in [-0.2, 0) is 9.36 Å². The van der Waals surface area contributed by atoms with Gasteiger partial charge in [0.25, 0.3) is 7.59 Å². The molecule has 5 nitrogen and oxygen atoms in total. The van der Waals surface area contributed by atoms with Crippen LogP contribution in [0.25, 0.3) is 0 Å². The first-order valence-corrected chi connectivity index (χ1v) is 5.37. The lowest BCUT2D eigenvalue weighted by atomic mass is 10.8. The fourth-order valence-corrected chi connectivity index (χ4v) is 1.19. The van der Waals surface area contributed by atoms with Crippen LogP contribution in [0.5, 0.6) is 0 Å². The molecule has 0 atom stereocenters. The smallest absolute Gasteiger partial charge is 0.283 e. The van der Waals surface area contributed by atoms with Gasteiger partial charge >= 0.3 is 0 Å². The first-order chi connectivity index (χ1) is 3.95. The van der Waals surface area contributed by atoms with Crippen molar-refractivity contribution in [2.45, 2.75) is 0 Å². The maximum atomic E-state index is 10.4. The molecule has 0 aromatic heterocycles. The fraction of sp³-hybridized carbons (Fsp3) is 0.500. The van der Waals surface area contributed by atoms with E-state index in [0.29, 0.717) is 0 Å². The number of alkyl halides is 1. The van der Waals surface area contributed by atoms with Gasteiger partial charge in [-0.1, -0.05) is 22.6 Å². The molecule has 0 spiro atoms. The summed E-state index contributed by atoms with van der Waals surface area (Å²) in [6, 6.07) is 0. The summed E-state index contributed by atoms with van der Waals surface area (Å²) in [5, 5.41) is 1.93. The van der Waals surface area contributed by atoms with Gasteiger partial charge in [-0.3, -0.25) is 25.5 Å². The molecule has 0 unspecified atom stereocenters. The van der Waals surface area contributed by atoms with E-state index in [1.165, 1.54) is 0 Å². The zero-order valence-electron chi connectivity index (χ0n) is 4.50. The predicted octanol–water partition coefficient (Wildman–Crippen LogP) is -0.437. The molecule has 0 aliphatic carbocycles. The zero-order valence-corrected chi connectivity index (χ0v) is 7.56. The summed E-state index contributed by atoms with van der Waals surface area (Å²) in [6.45, 7) is 0. The fourth-order valence-electron chi connectivity index (χ4n) is 0.225. The molecule has 0 bridgehead atoms. The average Bonchev–Trinajstić information content (AvgIpc) is 1.62. The lowest BCUT2D eigenvalue weighted by Gasteiger charge is -2.05. The van der Waals surface area contributed by atoms with Crippen LogP contribution in [0.2, 0.25) is 0 Å². The van der Waals surface area contributed by atoms with Gasteiger partial charge in [0, 0.05) is 0 Å². The third-order valence-corrected chi connectivity index (χ3v) is 1.71. The number of carbonyl (C=O) groups is 1. The Morgan fingerprint density at radius 3 is 2.22 bits per heavy atom. The minimum atomic E-state index is -3.34. The molecular weight excluding hydrogens is 256 g/mol. The van der Waals surface area contributed by atoms with Gasteiger partial charge in [-0.15, -0.1) is 0 Å². The van der Waals surface area contributed by atoms with Crippen LogP contribution in [0.15, 0.2) is 0 Å². The Hall–Kier alpha value is 0.350. The Balaban J connectivity index is 3.75. The Bertz CT molecular complexity index is 154. The van der Waals surface area contributed by atoms with Gasteiger partial charge in [0.15, 0.2) is 0 Å². The second-order valence-corrected chi connectivity index (χ2v) is 3.78. The summed E-state index contributed by atoms with van der Waals surface area (Å²) in [5.41, 5.74) is 9.62. The van der Waals surface area contributed by atoms with E-state index in [0.717, 1.165) is 0 Å². The molecule has 0 aliphatic rings. The number of carbonyl (C=O) groups excluding carboxylic acids is 1. The van der Waals surface area contributed by atoms with Crippen molar-refractivity contribution >= 4 is 36.1 Å². The summed E-state index contributed by atoms with van der Waals surface area (Å²) < 4.78 is 10.6. The van der Waals surface area contributed by atoms with E-state index < -0.39 is 13.5 Å². The minimum Gasteiger partial charge on any atom is -0.283 e. The van der Waals surface area contributed by atoms with Crippen molar-refractivity contribution < 1.29 is 9.36 Å². The van der Waals surface area contributed by atoms with E-state index in [2.05, 4.69) is 0 Å². The molecule has 0 radical (unpaired) electrons. The highest BCUT2D eigenvalue weighted by atomic mass is 127. The van der Waals surface area contributed by atoms with E-state index in [-0.39, 0.29) is 4.43 Å². The molecule has 0 aliphatic heterocycles. The summed E-state index contributed by atoms with van der Waals surface area (Å²) in [6.07, 6.45) is 0. The van der Waals surface area contributed by atoms with Crippen molar-refractivity contribution in [2.75, 3.05) is 4.43 Å². The largest absolute Gasteiger partial charge is 0.300 e. The van der Waals surface area contributed by atoms with Crippen molar-refractivity contribution in [3.8, 4) is 0 Å². The lowest BCUT2D eigenvalue weighted by molar-refractivity contribution is -0.116. The molecule has 0 aromatic carbocycles. The molecule has 5 N–H and O–H groups in total. The number of halogens is 1. The molecular formula is C2H7IN3O2P. The van der Waals surface area contributed by atoms with Crippen LogP contribution in [-0.4, -0.2) is 10.3 Å². The topological polar surface area (TPSA) is 98.2 Å². The van der Waals surface area contributed by atoms with Crippen molar-refractivity contribution in [1.29, 1.82) is 0 Å². The standard InChI is InChI=1S/C2H7IN3O2P/c3-1-2(7)6-9(4,5)8/h1H2,(H5,4,5,6,7,8). The summed E-state index contributed by atoms with van der Waals surface area (Å²) >= 11 is 1.81. The molecule has 0 rings (SSSR count). The molecule has 0 heterocycles. The first-order valence-electron chi connectivity index (χ1n) is 2.00. The first kappa shape index (κ1) is 9.35. The highest BCUT2D eigenvalue weighted by Crippen LogP contribution is 2.16. The maximum absolute atomic E-state index is 10.4. The molecule has 1 amide bonds.